The van der Waals surface area contributed by atoms with Crippen LogP contribution >= 0.6 is 0 Å². The molecule has 4 nitrogen and oxygen atoms in total. The number of aromatic nitrogens is 3. The first-order valence-electron chi connectivity index (χ1n) is 7.82. The van der Waals surface area contributed by atoms with Gasteiger partial charge in [0.25, 0.3) is 0 Å². The van der Waals surface area contributed by atoms with Crippen LogP contribution in [0.2, 0.25) is 0 Å². The lowest BCUT2D eigenvalue weighted by molar-refractivity contribution is 0.220. The molecule has 4 heteroatoms. The lowest BCUT2D eigenvalue weighted by Gasteiger charge is -2.38. The Balaban J connectivity index is 1.84. The van der Waals surface area contributed by atoms with Crippen molar-refractivity contribution >= 4 is 0 Å². The molecule has 2 bridgehead atoms. The molecule has 1 aliphatic carbocycles. The minimum Gasteiger partial charge on any atom is -0.312 e. The van der Waals surface area contributed by atoms with Gasteiger partial charge < -0.3 is 9.88 Å². The molecule has 106 valence electrons. The van der Waals surface area contributed by atoms with Gasteiger partial charge in [-0.15, -0.1) is 10.2 Å². The molecule has 3 heterocycles. The number of nitrogens with one attached hydrogen (secondary N) is 1. The molecular formula is C15H26N4. The molecule has 3 unspecified atom stereocenters. The van der Waals surface area contributed by atoms with Gasteiger partial charge in [0.2, 0.25) is 0 Å². The maximum absolute atomic E-state index is 4.40. The van der Waals surface area contributed by atoms with Crippen molar-refractivity contribution in [2.75, 3.05) is 0 Å². The highest BCUT2D eigenvalue weighted by molar-refractivity contribution is 5.03. The number of hydrogen-bond donors (Lipinski definition) is 1. The summed E-state index contributed by atoms with van der Waals surface area (Å²) in [5.41, 5.74) is 0. The van der Waals surface area contributed by atoms with Gasteiger partial charge in [-0.05, 0) is 32.6 Å². The maximum atomic E-state index is 4.40. The van der Waals surface area contributed by atoms with Crippen LogP contribution in [0.1, 0.15) is 76.0 Å². The van der Waals surface area contributed by atoms with Crippen LogP contribution in [0.5, 0.6) is 0 Å². The number of nitrogens with zero attached hydrogens (tertiary/aromatic N) is 3. The lowest BCUT2D eigenvalue weighted by Crippen LogP contribution is -2.52. The minimum atomic E-state index is 0.455. The number of hydrogen-bond acceptors (Lipinski definition) is 3. The summed E-state index contributed by atoms with van der Waals surface area (Å²) >= 11 is 0. The summed E-state index contributed by atoms with van der Waals surface area (Å²) in [4.78, 5) is 0. The van der Waals surface area contributed by atoms with E-state index in [4.69, 9.17) is 0 Å². The van der Waals surface area contributed by atoms with E-state index in [1.54, 1.807) is 0 Å². The Kier molecular flexibility index (Phi) is 3.61. The summed E-state index contributed by atoms with van der Waals surface area (Å²) in [6, 6.07) is 2.11. The molecule has 0 amide bonds. The van der Waals surface area contributed by atoms with E-state index in [2.05, 4.69) is 40.9 Å². The second kappa shape index (κ2) is 5.23. The Hall–Kier alpha value is -0.900. The van der Waals surface area contributed by atoms with E-state index in [-0.39, 0.29) is 0 Å². The molecular weight excluding hydrogens is 236 g/mol. The van der Waals surface area contributed by atoms with Gasteiger partial charge in [0.05, 0.1) is 0 Å². The largest absolute Gasteiger partial charge is 0.312 e. The van der Waals surface area contributed by atoms with Gasteiger partial charge in [-0.1, -0.05) is 26.7 Å². The Labute approximate surface area is 116 Å². The molecule has 1 aromatic heterocycles. The lowest BCUT2D eigenvalue weighted by atomic mass is 9.90. The normalized spacial score (nSPS) is 31.5. The van der Waals surface area contributed by atoms with Crippen LogP contribution in [0, 0.1) is 6.92 Å². The van der Waals surface area contributed by atoms with Gasteiger partial charge in [-0.3, -0.25) is 0 Å². The van der Waals surface area contributed by atoms with E-state index in [1.165, 1.54) is 38.5 Å². The third-order valence-corrected chi connectivity index (χ3v) is 4.71. The van der Waals surface area contributed by atoms with E-state index in [0.717, 1.165) is 23.7 Å². The van der Waals surface area contributed by atoms with Crippen LogP contribution < -0.4 is 5.32 Å². The Morgan fingerprint density at radius 1 is 1.11 bits per heavy atom. The fourth-order valence-electron chi connectivity index (χ4n) is 3.70. The number of fused-ring (bicyclic) bond motifs is 5. The molecule has 3 aliphatic rings. The molecule has 0 spiro atoms. The molecule has 4 rings (SSSR count). The van der Waals surface area contributed by atoms with Crippen LogP contribution in [-0.4, -0.2) is 26.8 Å². The highest BCUT2D eigenvalue weighted by Gasteiger charge is 2.33. The summed E-state index contributed by atoms with van der Waals surface area (Å²) in [5.74, 6) is 2.71. The van der Waals surface area contributed by atoms with E-state index in [0.29, 0.717) is 12.0 Å². The predicted molar refractivity (Wildman–Crippen MR) is 76.3 cm³/mol. The Bertz CT molecular complexity index is 431. The molecule has 0 aromatic carbocycles. The monoisotopic (exact) mass is 262 g/mol. The highest BCUT2D eigenvalue weighted by atomic mass is 15.3. The summed E-state index contributed by atoms with van der Waals surface area (Å²) < 4.78 is 2.42. The fraction of sp³-hybridized carbons (Fsp3) is 0.867. The predicted octanol–water partition coefficient (Wildman–Crippen LogP) is 2.95. The third-order valence-electron chi connectivity index (χ3n) is 4.71. The Morgan fingerprint density at radius 3 is 2.58 bits per heavy atom. The average Bonchev–Trinajstić information content (AvgIpc) is 2.75. The zero-order valence-corrected chi connectivity index (χ0v) is 12.4. The highest BCUT2D eigenvalue weighted by Crippen LogP contribution is 2.33. The second-order valence-corrected chi connectivity index (χ2v) is 6.60. The van der Waals surface area contributed by atoms with Crippen molar-refractivity contribution < 1.29 is 0 Å². The quantitative estimate of drug-likeness (QED) is 0.891. The number of aryl methyl sites for hydroxylation is 1. The van der Waals surface area contributed by atoms with Gasteiger partial charge in [0.15, 0.2) is 0 Å². The van der Waals surface area contributed by atoms with Crippen LogP contribution in [0.4, 0.5) is 0 Å². The molecule has 2 saturated heterocycles. The summed E-state index contributed by atoms with van der Waals surface area (Å²) in [7, 11) is 0. The summed E-state index contributed by atoms with van der Waals surface area (Å²) in [6.45, 7) is 6.53. The van der Waals surface area contributed by atoms with E-state index < -0.39 is 0 Å². The number of rotatable bonds is 2. The Morgan fingerprint density at radius 2 is 1.84 bits per heavy atom. The minimum absolute atomic E-state index is 0.455. The van der Waals surface area contributed by atoms with Gasteiger partial charge in [-0.25, -0.2) is 0 Å². The van der Waals surface area contributed by atoms with Gasteiger partial charge in [0, 0.05) is 24.0 Å². The van der Waals surface area contributed by atoms with Gasteiger partial charge >= 0.3 is 0 Å². The zero-order valence-electron chi connectivity index (χ0n) is 12.4. The van der Waals surface area contributed by atoms with Crippen molar-refractivity contribution in [3.05, 3.63) is 11.6 Å². The molecule has 3 fully saturated rings. The molecule has 0 radical (unpaired) electrons. The van der Waals surface area contributed by atoms with Crippen molar-refractivity contribution in [3.8, 4) is 0 Å². The molecule has 1 N–H and O–H groups in total. The van der Waals surface area contributed by atoms with Gasteiger partial charge in [0.1, 0.15) is 11.6 Å². The fourth-order valence-corrected chi connectivity index (χ4v) is 3.70. The van der Waals surface area contributed by atoms with E-state index in [1.807, 2.05) is 0 Å². The summed E-state index contributed by atoms with van der Waals surface area (Å²) in [5, 5.41) is 12.4. The topological polar surface area (TPSA) is 42.7 Å². The van der Waals surface area contributed by atoms with E-state index >= 15 is 0 Å². The smallest absolute Gasteiger partial charge is 0.135 e. The molecule has 3 atom stereocenters. The standard InChI is InChI=1S/C15H26N4/c1-10(2)15-18-17-11(3)19(15)14-7-5-4-6-12-8-13(9-14)16-12/h10,12-14,16H,4-9H2,1-3H3. The summed E-state index contributed by atoms with van der Waals surface area (Å²) in [6.07, 6.45) is 7.96. The van der Waals surface area contributed by atoms with Crippen LogP contribution in [-0.2, 0) is 0 Å². The van der Waals surface area contributed by atoms with Crippen molar-refractivity contribution in [1.82, 2.24) is 20.1 Å². The van der Waals surface area contributed by atoms with Crippen molar-refractivity contribution in [1.29, 1.82) is 0 Å². The first-order valence-corrected chi connectivity index (χ1v) is 7.82. The molecule has 1 aromatic rings. The maximum Gasteiger partial charge on any atom is 0.135 e. The van der Waals surface area contributed by atoms with Crippen molar-refractivity contribution in [3.63, 3.8) is 0 Å². The average molecular weight is 262 g/mol. The van der Waals surface area contributed by atoms with Crippen LogP contribution in [0.3, 0.4) is 0 Å². The van der Waals surface area contributed by atoms with Crippen LogP contribution in [0.15, 0.2) is 0 Å². The molecule has 1 saturated carbocycles. The molecule has 19 heavy (non-hydrogen) atoms. The SMILES string of the molecule is Cc1nnc(C(C)C)n1C1CCCCC2CC(C1)N2. The van der Waals surface area contributed by atoms with Crippen LogP contribution in [0.25, 0.3) is 0 Å². The van der Waals surface area contributed by atoms with Gasteiger partial charge in [-0.2, -0.15) is 0 Å². The first kappa shape index (κ1) is 13.1. The zero-order chi connectivity index (χ0) is 13.4. The first-order chi connectivity index (χ1) is 9.15. The third kappa shape index (κ3) is 2.55. The van der Waals surface area contributed by atoms with E-state index in [9.17, 15) is 0 Å². The molecule has 2 aliphatic heterocycles. The van der Waals surface area contributed by atoms with Crippen molar-refractivity contribution in [2.45, 2.75) is 83.3 Å². The van der Waals surface area contributed by atoms with Crippen molar-refractivity contribution in [2.24, 2.45) is 0 Å². The second-order valence-electron chi connectivity index (χ2n) is 6.60.